The van der Waals surface area contributed by atoms with Gasteiger partial charge in [-0.05, 0) is 34.0 Å². The molecule has 0 heterocycles. The predicted molar refractivity (Wildman–Crippen MR) is 77.2 cm³/mol. The molecule has 5 heteroatoms. The van der Waals surface area contributed by atoms with E-state index < -0.39 is 5.97 Å². The van der Waals surface area contributed by atoms with Crippen LogP contribution in [0.5, 0.6) is 11.5 Å². The van der Waals surface area contributed by atoms with Crippen LogP contribution in [0.3, 0.4) is 0 Å². The third kappa shape index (κ3) is 4.13. The number of methoxy groups -OCH3 is 1. The second-order valence-corrected chi connectivity index (χ2v) is 5.14. The second-order valence-electron chi connectivity index (χ2n) is 4.29. The van der Waals surface area contributed by atoms with Crippen LogP contribution >= 0.6 is 15.9 Å². The molecule has 1 aromatic carbocycles. The van der Waals surface area contributed by atoms with Crippen molar-refractivity contribution < 1.29 is 19.4 Å². The zero-order valence-electron chi connectivity index (χ0n) is 11.4. The summed E-state index contributed by atoms with van der Waals surface area (Å²) < 4.78 is 11.6. The fourth-order valence-corrected chi connectivity index (χ4v) is 2.27. The highest BCUT2D eigenvalue weighted by Gasteiger charge is 2.16. The smallest absolute Gasteiger partial charge is 0.335 e. The highest BCUT2D eigenvalue weighted by Crippen LogP contribution is 2.37. The Kier molecular flexibility index (Phi) is 6.15. The van der Waals surface area contributed by atoms with Crippen LogP contribution in [0.4, 0.5) is 0 Å². The van der Waals surface area contributed by atoms with Crippen LogP contribution < -0.4 is 9.47 Å². The van der Waals surface area contributed by atoms with Crippen molar-refractivity contribution in [1.29, 1.82) is 0 Å². The van der Waals surface area contributed by atoms with E-state index in [0.717, 1.165) is 12.8 Å². The van der Waals surface area contributed by atoms with Crippen LogP contribution in [0.2, 0.25) is 0 Å². The lowest BCUT2D eigenvalue weighted by atomic mass is 10.1. The molecule has 0 saturated carbocycles. The molecule has 0 atom stereocenters. The average molecular weight is 331 g/mol. The van der Waals surface area contributed by atoms with Gasteiger partial charge < -0.3 is 14.6 Å². The minimum Gasteiger partial charge on any atom is -0.493 e. The quantitative estimate of drug-likeness (QED) is 0.821. The van der Waals surface area contributed by atoms with E-state index in [9.17, 15) is 4.79 Å². The van der Waals surface area contributed by atoms with Crippen LogP contribution in [0.1, 0.15) is 37.0 Å². The normalized spacial score (nSPS) is 10.6. The van der Waals surface area contributed by atoms with Gasteiger partial charge in [-0.15, -0.1) is 0 Å². The summed E-state index contributed by atoms with van der Waals surface area (Å²) in [5, 5.41) is 9.00. The van der Waals surface area contributed by atoms with Gasteiger partial charge in [0.2, 0.25) is 0 Å². The third-order valence-corrected chi connectivity index (χ3v) is 3.68. The van der Waals surface area contributed by atoms with Crippen molar-refractivity contribution in [3.63, 3.8) is 0 Å². The van der Waals surface area contributed by atoms with Crippen molar-refractivity contribution in [2.75, 3.05) is 13.7 Å². The van der Waals surface area contributed by atoms with E-state index in [1.165, 1.54) is 19.2 Å². The van der Waals surface area contributed by atoms with Crippen LogP contribution in [0.25, 0.3) is 0 Å². The van der Waals surface area contributed by atoms with Gasteiger partial charge in [-0.1, -0.05) is 26.7 Å². The SMILES string of the molecule is CCC(CC)COc1c(Br)cc(C(=O)O)cc1OC. The number of rotatable bonds is 7. The minimum absolute atomic E-state index is 0.165. The summed E-state index contributed by atoms with van der Waals surface area (Å²) in [5.41, 5.74) is 0.165. The molecule has 19 heavy (non-hydrogen) atoms. The molecular weight excluding hydrogens is 312 g/mol. The molecule has 0 aromatic heterocycles. The molecule has 0 spiro atoms. The lowest BCUT2D eigenvalue weighted by Gasteiger charge is -2.17. The van der Waals surface area contributed by atoms with Gasteiger partial charge in [-0.3, -0.25) is 0 Å². The number of carboxylic acid groups (broad SMARTS) is 1. The Hall–Kier alpha value is -1.23. The maximum Gasteiger partial charge on any atom is 0.335 e. The first-order valence-electron chi connectivity index (χ1n) is 6.27. The first-order chi connectivity index (χ1) is 9.03. The monoisotopic (exact) mass is 330 g/mol. The molecule has 0 aliphatic carbocycles. The van der Waals surface area contributed by atoms with Crippen molar-refractivity contribution in [2.24, 2.45) is 5.92 Å². The number of hydrogen-bond acceptors (Lipinski definition) is 3. The summed E-state index contributed by atoms with van der Waals surface area (Å²) in [5.74, 6) is 0.471. The Morgan fingerprint density at radius 3 is 2.47 bits per heavy atom. The molecular formula is C14H19BrO4. The molecule has 1 rings (SSSR count). The number of hydrogen-bond donors (Lipinski definition) is 1. The van der Waals surface area contributed by atoms with E-state index >= 15 is 0 Å². The third-order valence-electron chi connectivity index (χ3n) is 3.09. The number of halogens is 1. The van der Waals surface area contributed by atoms with Crippen molar-refractivity contribution in [3.8, 4) is 11.5 Å². The van der Waals surface area contributed by atoms with Gasteiger partial charge in [0.1, 0.15) is 0 Å². The first kappa shape index (κ1) is 15.8. The van der Waals surface area contributed by atoms with E-state index in [1.54, 1.807) is 0 Å². The lowest BCUT2D eigenvalue weighted by Crippen LogP contribution is -2.11. The molecule has 0 bridgehead atoms. The molecule has 1 aromatic rings. The van der Waals surface area contributed by atoms with E-state index in [4.69, 9.17) is 14.6 Å². The van der Waals surface area contributed by atoms with Gasteiger partial charge in [0.05, 0.1) is 23.8 Å². The summed E-state index contributed by atoms with van der Waals surface area (Å²) in [6.07, 6.45) is 2.09. The average Bonchev–Trinajstić information content (AvgIpc) is 2.40. The van der Waals surface area contributed by atoms with Gasteiger partial charge >= 0.3 is 5.97 Å². The van der Waals surface area contributed by atoms with E-state index in [0.29, 0.717) is 28.5 Å². The first-order valence-corrected chi connectivity index (χ1v) is 7.06. The Morgan fingerprint density at radius 1 is 1.37 bits per heavy atom. The summed E-state index contributed by atoms with van der Waals surface area (Å²) in [6.45, 7) is 4.84. The van der Waals surface area contributed by atoms with Crippen LogP contribution in [-0.2, 0) is 0 Å². The van der Waals surface area contributed by atoms with Gasteiger partial charge in [-0.2, -0.15) is 0 Å². The number of benzene rings is 1. The lowest BCUT2D eigenvalue weighted by molar-refractivity contribution is 0.0696. The molecule has 0 radical (unpaired) electrons. The van der Waals surface area contributed by atoms with Gasteiger partial charge in [0.25, 0.3) is 0 Å². The maximum atomic E-state index is 11.0. The summed E-state index contributed by atoms with van der Waals surface area (Å²) >= 11 is 3.33. The standard InChI is InChI=1S/C14H19BrO4/c1-4-9(5-2)8-19-13-11(15)6-10(14(16)17)7-12(13)18-3/h6-7,9H,4-5,8H2,1-3H3,(H,16,17). The molecule has 0 aliphatic heterocycles. The van der Waals surface area contributed by atoms with Gasteiger partial charge in [0, 0.05) is 0 Å². The zero-order chi connectivity index (χ0) is 14.4. The minimum atomic E-state index is -0.995. The number of carbonyl (C=O) groups is 1. The van der Waals surface area contributed by atoms with Crippen LogP contribution in [-0.4, -0.2) is 24.8 Å². The summed E-state index contributed by atoms with van der Waals surface area (Å²) in [6, 6.07) is 2.99. The highest BCUT2D eigenvalue weighted by atomic mass is 79.9. The Labute approximate surface area is 121 Å². The number of ether oxygens (including phenoxy) is 2. The van der Waals surface area contributed by atoms with E-state index in [-0.39, 0.29) is 5.56 Å². The molecule has 1 N–H and O–H groups in total. The molecule has 106 valence electrons. The van der Waals surface area contributed by atoms with Crippen LogP contribution in [0.15, 0.2) is 16.6 Å². The fraction of sp³-hybridized carbons (Fsp3) is 0.500. The van der Waals surface area contributed by atoms with E-state index in [1.807, 2.05) is 0 Å². The fourth-order valence-electron chi connectivity index (χ4n) is 1.71. The van der Waals surface area contributed by atoms with Crippen molar-refractivity contribution in [2.45, 2.75) is 26.7 Å². The van der Waals surface area contributed by atoms with Gasteiger partial charge in [0.15, 0.2) is 11.5 Å². The molecule has 0 saturated heterocycles. The summed E-state index contributed by atoms with van der Waals surface area (Å²) in [7, 11) is 1.50. The van der Waals surface area contributed by atoms with Crippen LogP contribution in [0, 0.1) is 5.92 Å². The molecule has 4 nitrogen and oxygen atoms in total. The topological polar surface area (TPSA) is 55.8 Å². The maximum absolute atomic E-state index is 11.0. The number of aromatic carboxylic acids is 1. The molecule has 0 amide bonds. The van der Waals surface area contributed by atoms with E-state index in [2.05, 4.69) is 29.8 Å². The molecule has 0 unspecified atom stereocenters. The second kappa shape index (κ2) is 7.38. The highest BCUT2D eigenvalue weighted by molar-refractivity contribution is 9.10. The molecule has 0 aliphatic rings. The zero-order valence-corrected chi connectivity index (χ0v) is 13.0. The van der Waals surface area contributed by atoms with Crippen molar-refractivity contribution in [1.82, 2.24) is 0 Å². The Morgan fingerprint density at radius 2 is 2.00 bits per heavy atom. The van der Waals surface area contributed by atoms with Crippen molar-refractivity contribution in [3.05, 3.63) is 22.2 Å². The van der Waals surface area contributed by atoms with Crippen molar-refractivity contribution >= 4 is 21.9 Å². The number of carboxylic acids is 1. The summed E-state index contributed by atoms with van der Waals surface area (Å²) in [4.78, 5) is 11.0. The Balaban J connectivity index is 2.97. The largest absolute Gasteiger partial charge is 0.493 e. The predicted octanol–water partition coefficient (Wildman–Crippen LogP) is 3.97. The molecule has 0 fully saturated rings. The Bertz CT molecular complexity index is 441. The van der Waals surface area contributed by atoms with Gasteiger partial charge in [-0.25, -0.2) is 4.79 Å².